The van der Waals surface area contributed by atoms with Gasteiger partial charge in [0.05, 0.1) is 0 Å². The van der Waals surface area contributed by atoms with E-state index in [-0.39, 0.29) is 18.1 Å². The monoisotopic (exact) mass is 487 g/mol. The molecule has 1 fully saturated rings. The molecule has 0 N–H and O–H groups in total. The molecular weight excluding hydrogens is 454 g/mol. The van der Waals surface area contributed by atoms with Crippen LogP contribution in [0.5, 0.6) is 11.5 Å². The van der Waals surface area contributed by atoms with Gasteiger partial charge in [-0.25, -0.2) is 0 Å². The lowest BCUT2D eigenvalue weighted by molar-refractivity contribution is 0.0743. The van der Waals surface area contributed by atoms with Gasteiger partial charge in [-0.05, 0) is 50.1 Å². The minimum atomic E-state index is -0.191. The lowest BCUT2D eigenvalue weighted by Gasteiger charge is -2.36. The number of aromatic nitrogens is 1. The maximum absolute atomic E-state index is 13.7. The molecule has 5 rings (SSSR count). The van der Waals surface area contributed by atoms with Crippen LogP contribution in [0.2, 0.25) is 0 Å². The zero-order chi connectivity index (χ0) is 25.2. The second-order valence-electron chi connectivity index (χ2n) is 9.61. The summed E-state index contributed by atoms with van der Waals surface area (Å²) in [6.45, 7) is 9.54. The van der Waals surface area contributed by atoms with E-state index in [9.17, 15) is 9.59 Å². The molecule has 1 amide bonds. The van der Waals surface area contributed by atoms with E-state index in [0.29, 0.717) is 31.6 Å². The molecule has 3 aromatic rings. The highest BCUT2D eigenvalue weighted by Gasteiger charge is 2.28. The maximum Gasteiger partial charge on any atom is 0.259 e. The number of benzene rings is 2. The second kappa shape index (κ2) is 10.1. The molecule has 1 aromatic heterocycles. The molecule has 1 saturated heterocycles. The number of anilines is 1. The Hall–Kier alpha value is -3.74. The highest BCUT2D eigenvalue weighted by molar-refractivity contribution is 5.95. The number of hydrogen-bond acceptors (Lipinski definition) is 5. The number of aryl methyl sites for hydroxylation is 2. The summed E-state index contributed by atoms with van der Waals surface area (Å²) in [7, 11) is 0. The predicted octanol–water partition coefficient (Wildman–Crippen LogP) is 4.16. The highest BCUT2D eigenvalue weighted by Crippen LogP contribution is 2.33. The van der Waals surface area contributed by atoms with Crippen LogP contribution >= 0.6 is 0 Å². The van der Waals surface area contributed by atoms with Crippen LogP contribution in [0.1, 0.15) is 46.2 Å². The Morgan fingerprint density at radius 3 is 2.36 bits per heavy atom. The molecule has 36 heavy (non-hydrogen) atoms. The summed E-state index contributed by atoms with van der Waals surface area (Å²) in [5.74, 6) is 1.31. The molecule has 2 aliphatic rings. The van der Waals surface area contributed by atoms with Crippen LogP contribution < -0.4 is 19.8 Å². The maximum atomic E-state index is 13.7. The van der Waals surface area contributed by atoms with Gasteiger partial charge in [-0.15, -0.1) is 0 Å². The molecule has 0 radical (unpaired) electrons. The predicted molar refractivity (Wildman–Crippen MR) is 140 cm³/mol. The summed E-state index contributed by atoms with van der Waals surface area (Å²) < 4.78 is 13.1. The third kappa shape index (κ3) is 4.70. The van der Waals surface area contributed by atoms with Crippen molar-refractivity contribution in [1.82, 2.24) is 9.47 Å². The van der Waals surface area contributed by atoms with Crippen molar-refractivity contribution in [3.63, 3.8) is 0 Å². The molecule has 2 aromatic carbocycles. The highest BCUT2D eigenvalue weighted by atomic mass is 16.7. The summed E-state index contributed by atoms with van der Waals surface area (Å²) in [6, 6.07) is 16.0. The number of pyridine rings is 1. The topological polar surface area (TPSA) is 64.0 Å². The molecule has 0 spiro atoms. The van der Waals surface area contributed by atoms with Gasteiger partial charge in [0, 0.05) is 55.9 Å². The van der Waals surface area contributed by atoms with Gasteiger partial charge in [-0.2, -0.15) is 0 Å². The summed E-state index contributed by atoms with van der Waals surface area (Å²) in [4.78, 5) is 31.0. The van der Waals surface area contributed by atoms with Gasteiger partial charge in [0.15, 0.2) is 16.9 Å². The van der Waals surface area contributed by atoms with Crippen LogP contribution in [0.3, 0.4) is 0 Å². The first-order valence-corrected chi connectivity index (χ1v) is 12.7. The minimum Gasteiger partial charge on any atom is -0.454 e. The van der Waals surface area contributed by atoms with Crippen LogP contribution in [0.4, 0.5) is 5.69 Å². The Balaban J connectivity index is 1.41. The van der Waals surface area contributed by atoms with Gasteiger partial charge in [0.25, 0.3) is 5.91 Å². The number of carbonyl (C=O) groups is 1. The normalized spacial score (nSPS) is 14.9. The Labute approximate surface area is 211 Å². The van der Waals surface area contributed by atoms with Crippen molar-refractivity contribution >= 4 is 11.6 Å². The van der Waals surface area contributed by atoms with Crippen LogP contribution in [0, 0.1) is 13.8 Å². The number of amides is 1. The van der Waals surface area contributed by atoms with Crippen LogP contribution in [0.15, 0.2) is 53.3 Å². The van der Waals surface area contributed by atoms with E-state index in [0.717, 1.165) is 48.0 Å². The standard InChI is InChI=1S/C29H33N3O4/c1-4-5-24-28(29(34)31-14-12-30(13-15-31)23-9-6-20(2)7-10-23)25(33)16-21(3)32(24)18-22-8-11-26-27(17-22)36-19-35-26/h6-11,16-17H,4-5,12-15,18-19H2,1-3H3. The van der Waals surface area contributed by atoms with E-state index in [1.54, 1.807) is 6.07 Å². The molecule has 3 heterocycles. The van der Waals surface area contributed by atoms with Crippen molar-refractivity contribution in [2.75, 3.05) is 37.9 Å². The summed E-state index contributed by atoms with van der Waals surface area (Å²) in [6.07, 6.45) is 1.50. The molecule has 0 atom stereocenters. The smallest absolute Gasteiger partial charge is 0.259 e. The van der Waals surface area contributed by atoms with Crippen molar-refractivity contribution in [3.8, 4) is 11.5 Å². The molecule has 188 valence electrons. The first-order chi connectivity index (χ1) is 17.4. The van der Waals surface area contributed by atoms with Crippen molar-refractivity contribution in [3.05, 3.63) is 86.8 Å². The van der Waals surface area contributed by atoms with E-state index in [4.69, 9.17) is 9.47 Å². The third-order valence-corrected chi connectivity index (χ3v) is 7.07. The molecule has 0 unspecified atom stereocenters. The SMILES string of the molecule is CCCc1c(C(=O)N2CCN(c3ccc(C)cc3)CC2)c(=O)cc(C)n1Cc1ccc2c(c1)OCO2. The third-order valence-electron chi connectivity index (χ3n) is 7.07. The van der Waals surface area contributed by atoms with Crippen LogP contribution in [0.25, 0.3) is 0 Å². The first kappa shape index (κ1) is 24.0. The fourth-order valence-corrected chi connectivity index (χ4v) is 5.08. The zero-order valence-electron chi connectivity index (χ0n) is 21.3. The van der Waals surface area contributed by atoms with E-state index >= 15 is 0 Å². The Kier molecular flexibility index (Phi) is 6.72. The van der Waals surface area contributed by atoms with Crippen molar-refractivity contribution < 1.29 is 14.3 Å². The fraction of sp³-hybridized carbons (Fsp3) is 0.379. The van der Waals surface area contributed by atoms with Gasteiger partial charge in [-0.1, -0.05) is 37.1 Å². The van der Waals surface area contributed by atoms with Gasteiger partial charge in [0.2, 0.25) is 6.79 Å². The Morgan fingerprint density at radius 1 is 0.917 bits per heavy atom. The molecular formula is C29H33N3O4. The average Bonchev–Trinajstić information content (AvgIpc) is 3.35. The molecule has 0 bridgehead atoms. The molecule has 7 nitrogen and oxygen atoms in total. The van der Waals surface area contributed by atoms with Gasteiger partial charge in [-0.3, -0.25) is 9.59 Å². The quantitative estimate of drug-likeness (QED) is 0.523. The zero-order valence-corrected chi connectivity index (χ0v) is 21.3. The van der Waals surface area contributed by atoms with E-state index in [1.807, 2.05) is 30.0 Å². The van der Waals surface area contributed by atoms with Gasteiger partial charge in [0.1, 0.15) is 5.56 Å². The second-order valence-corrected chi connectivity index (χ2v) is 9.61. The van der Waals surface area contributed by atoms with Crippen molar-refractivity contribution in [2.24, 2.45) is 0 Å². The summed E-state index contributed by atoms with van der Waals surface area (Å²) in [5.41, 5.74) is 5.21. The van der Waals surface area contributed by atoms with Crippen molar-refractivity contribution in [1.29, 1.82) is 0 Å². The minimum absolute atomic E-state index is 0.161. The summed E-state index contributed by atoms with van der Waals surface area (Å²) >= 11 is 0. The number of rotatable bonds is 6. The molecule has 2 aliphatic heterocycles. The fourth-order valence-electron chi connectivity index (χ4n) is 5.08. The molecule has 0 aliphatic carbocycles. The number of hydrogen-bond donors (Lipinski definition) is 0. The number of fused-ring (bicyclic) bond motifs is 1. The largest absolute Gasteiger partial charge is 0.454 e. The lowest BCUT2D eigenvalue weighted by Crippen LogP contribution is -2.50. The molecule has 0 saturated carbocycles. The number of piperazine rings is 1. The number of carbonyl (C=O) groups excluding carboxylic acids is 1. The Morgan fingerprint density at radius 2 is 1.64 bits per heavy atom. The van der Waals surface area contributed by atoms with Crippen molar-refractivity contribution in [2.45, 2.75) is 40.2 Å². The first-order valence-electron chi connectivity index (χ1n) is 12.7. The van der Waals surface area contributed by atoms with Gasteiger partial charge >= 0.3 is 0 Å². The average molecular weight is 488 g/mol. The van der Waals surface area contributed by atoms with Crippen LogP contribution in [-0.4, -0.2) is 48.3 Å². The van der Waals surface area contributed by atoms with E-state index in [2.05, 4.69) is 47.6 Å². The van der Waals surface area contributed by atoms with E-state index in [1.165, 1.54) is 11.3 Å². The van der Waals surface area contributed by atoms with Gasteiger partial charge < -0.3 is 23.8 Å². The van der Waals surface area contributed by atoms with Crippen LogP contribution in [-0.2, 0) is 13.0 Å². The molecule has 7 heteroatoms. The lowest BCUT2D eigenvalue weighted by atomic mass is 10.0. The number of nitrogens with zero attached hydrogens (tertiary/aromatic N) is 3. The Bertz CT molecular complexity index is 1320. The summed E-state index contributed by atoms with van der Waals surface area (Å²) in [5, 5.41) is 0. The number of ether oxygens (including phenoxy) is 2. The van der Waals surface area contributed by atoms with E-state index < -0.39 is 0 Å².